The van der Waals surface area contributed by atoms with Crippen LogP contribution in [0.4, 0.5) is 0 Å². The van der Waals surface area contributed by atoms with Crippen LogP contribution in [-0.4, -0.2) is 5.25 Å². The van der Waals surface area contributed by atoms with Crippen LogP contribution < -0.4 is 0 Å². The highest BCUT2D eigenvalue weighted by Crippen LogP contribution is 2.56. The van der Waals surface area contributed by atoms with E-state index in [9.17, 15) is 0 Å². The first kappa shape index (κ1) is 31.2. The van der Waals surface area contributed by atoms with Crippen LogP contribution in [0.2, 0.25) is 0 Å². The molecule has 0 aromatic heterocycles. The second-order valence-electron chi connectivity index (χ2n) is 15.2. The van der Waals surface area contributed by atoms with Gasteiger partial charge in [0.2, 0.25) is 0 Å². The second kappa shape index (κ2) is 12.6. The molecule has 0 saturated heterocycles. The Morgan fingerprint density at radius 2 is 0.962 bits per heavy atom. The van der Waals surface area contributed by atoms with Crippen molar-refractivity contribution in [1.82, 2.24) is 0 Å². The number of hydrogen-bond acceptors (Lipinski definition) is 1. The van der Waals surface area contributed by atoms with Gasteiger partial charge in [0, 0.05) is 16.1 Å². The summed E-state index contributed by atoms with van der Waals surface area (Å²) in [6.45, 7) is 0. The van der Waals surface area contributed by atoms with Gasteiger partial charge < -0.3 is 0 Å². The van der Waals surface area contributed by atoms with Crippen molar-refractivity contribution in [3.8, 4) is 22.3 Å². The van der Waals surface area contributed by atoms with E-state index >= 15 is 0 Å². The molecule has 0 bridgehead atoms. The summed E-state index contributed by atoms with van der Waals surface area (Å²) in [5.74, 6) is 0.941. The first-order valence-electron chi connectivity index (χ1n) is 19.5. The third-order valence-electron chi connectivity index (χ3n) is 12.4. The smallest absolute Gasteiger partial charge is 0.0454 e. The van der Waals surface area contributed by atoms with Crippen LogP contribution >= 0.6 is 11.8 Å². The van der Waals surface area contributed by atoms with Gasteiger partial charge in [-0.3, -0.25) is 0 Å². The molecule has 2 unspecified atom stereocenters. The lowest BCUT2D eigenvalue weighted by molar-refractivity contribution is 0.447. The summed E-state index contributed by atoms with van der Waals surface area (Å²) in [4.78, 5) is 1.41. The number of fused-ring (bicyclic) bond motifs is 7. The van der Waals surface area contributed by atoms with Gasteiger partial charge in [-0.15, -0.1) is 11.8 Å². The van der Waals surface area contributed by atoms with Crippen LogP contribution in [0.3, 0.4) is 0 Å². The van der Waals surface area contributed by atoms with E-state index in [0.29, 0.717) is 17.1 Å². The standard InChI is InChI=1S/C52H40S/c1-3-16-33(17-4-1)48-36-20-7-9-22-38(36)50(39-23-10-8-21-37(39)48)35-30-31-47-46(32-35)44-28-15-29-45(52(44)53-47)51-42-26-13-11-24-40(42)49(34-18-5-2-6-19-34)41-25-12-14-27-43(41)51/h2,5-15,18-33,44,52H,1,3-4,16-17H2. The summed E-state index contributed by atoms with van der Waals surface area (Å²) in [6, 6.07) is 55.0. The Kier molecular flexibility index (Phi) is 7.44. The van der Waals surface area contributed by atoms with Crippen LogP contribution in [0.25, 0.3) is 70.9 Å². The molecule has 8 aromatic carbocycles. The zero-order valence-corrected chi connectivity index (χ0v) is 30.6. The SMILES string of the molecule is C1=CC2c3cc(-c4c5ccccc5c(C5CCCCC5)c5ccccc45)ccc3SC2C(c2c3ccccc3c(-c3ccccc3)c3ccccc23)=C1. The summed E-state index contributed by atoms with van der Waals surface area (Å²) in [5, 5.41) is 11.3. The van der Waals surface area contributed by atoms with E-state index in [0.717, 1.165) is 0 Å². The van der Waals surface area contributed by atoms with Crippen molar-refractivity contribution in [2.45, 2.75) is 54.1 Å². The maximum Gasteiger partial charge on any atom is 0.0454 e. The zero-order chi connectivity index (χ0) is 34.9. The van der Waals surface area contributed by atoms with Crippen molar-refractivity contribution in [3.05, 3.63) is 181 Å². The Balaban J connectivity index is 1.07. The van der Waals surface area contributed by atoms with Gasteiger partial charge >= 0.3 is 0 Å². The summed E-state index contributed by atoms with van der Waals surface area (Å²) in [5.41, 5.74) is 11.2. The molecule has 1 saturated carbocycles. The topological polar surface area (TPSA) is 0 Å². The second-order valence-corrected chi connectivity index (χ2v) is 16.4. The number of thioether (sulfide) groups is 1. The monoisotopic (exact) mass is 696 g/mol. The predicted molar refractivity (Wildman–Crippen MR) is 229 cm³/mol. The summed E-state index contributed by atoms with van der Waals surface area (Å²) in [7, 11) is 0. The summed E-state index contributed by atoms with van der Waals surface area (Å²) < 4.78 is 0. The van der Waals surface area contributed by atoms with Crippen LogP contribution in [0.15, 0.2) is 169 Å². The highest BCUT2D eigenvalue weighted by atomic mass is 32.2. The van der Waals surface area contributed by atoms with Gasteiger partial charge in [-0.05, 0) is 118 Å². The Labute approximate surface area is 315 Å². The summed E-state index contributed by atoms with van der Waals surface area (Å²) >= 11 is 2.05. The molecule has 254 valence electrons. The van der Waals surface area contributed by atoms with E-state index < -0.39 is 0 Å². The van der Waals surface area contributed by atoms with Gasteiger partial charge in [0.25, 0.3) is 0 Å². The molecule has 0 radical (unpaired) electrons. The van der Waals surface area contributed by atoms with Crippen molar-refractivity contribution < 1.29 is 0 Å². The van der Waals surface area contributed by atoms with Crippen molar-refractivity contribution in [2.24, 2.45) is 0 Å². The number of benzene rings is 8. The Hall–Kier alpha value is -5.37. The molecule has 0 N–H and O–H groups in total. The normalized spacial score (nSPS) is 18.5. The highest BCUT2D eigenvalue weighted by molar-refractivity contribution is 8.00. The van der Waals surface area contributed by atoms with Gasteiger partial charge in [0.1, 0.15) is 0 Å². The molecule has 1 heteroatoms. The van der Waals surface area contributed by atoms with E-state index in [1.165, 1.54) is 119 Å². The van der Waals surface area contributed by atoms with Gasteiger partial charge in [-0.25, -0.2) is 0 Å². The predicted octanol–water partition coefficient (Wildman–Crippen LogP) is 14.9. The highest BCUT2D eigenvalue weighted by Gasteiger charge is 2.37. The molecule has 1 fully saturated rings. The van der Waals surface area contributed by atoms with Crippen LogP contribution in [0.1, 0.15) is 60.6 Å². The summed E-state index contributed by atoms with van der Waals surface area (Å²) in [6.07, 6.45) is 13.8. The lowest BCUT2D eigenvalue weighted by Gasteiger charge is -2.27. The minimum atomic E-state index is 0.306. The molecular weight excluding hydrogens is 657 g/mol. The number of hydrogen-bond donors (Lipinski definition) is 0. The lowest BCUT2D eigenvalue weighted by Crippen LogP contribution is -2.14. The van der Waals surface area contributed by atoms with E-state index in [1.807, 2.05) is 0 Å². The van der Waals surface area contributed by atoms with E-state index in [2.05, 4.69) is 176 Å². The molecule has 2 atom stereocenters. The van der Waals surface area contributed by atoms with Crippen molar-refractivity contribution >= 4 is 60.4 Å². The molecule has 2 aliphatic carbocycles. The Bertz CT molecular complexity index is 2680. The maximum atomic E-state index is 2.55. The molecule has 53 heavy (non-hydrogen) atoms. The molecular formula is C52H40S. The maximum absolute atomic E-state index is 2.55. The lowest BCUT2D eigenvalue weighted by atomic mass is 9.77. The minimum Gasteiger partial charge on any atom is -0.117 e. The molecule has 3 aliphatic rings. The first-order valence-corrected chi connectivity index (χ1v) is 20.3. The molecule has 1 heterocycles. The van der Waals surface area contributed by atoms with Crippen molar-refractivity contribution in [3.63, 3.8) is 0 Å². The third kappa shape index (κ3) is 4.90. The molecule has 11 rings (SSSR count). The van der Waals surface area contributed by atoms with E-state index in [1.54, 1.807) is 5.56 Å². The van der Waals surface area contributed by atoms with Gasteiger partial charge in [0.15, 0.2) is 0 Å². The van der Waals surface area contributed by atoms with E-state index in [-0.39, 0.29) is 0 Å². The van der Waals surface area contributed by atoms with E-state index in [4.69, 9.17) is 0 Å². The number of rotatable bonds is 4. The van der Waals surface area contributed by atoms with Crippen LogP contribution in [0, 0.1) is 0 Å². The molecule has 1 aliphatic heterocycles. The Morgan fingerprint density at radius 1 is 0.453 bits per heavy atom. The van der Waals surface area contributed by atoms with Crippen LogP contribution in [0.5, 0.6) is 0 Å². The minimum absolute atomic E-state index is 0.306. The van der Waals surface area contributed by atoms with Crippen molar-refractivity contribution in [1.29, 1.82) is 0 Å². The average Bonchev–Trinajstić information content (AvgIpc) is 3.61. The van der Waals surface area contributed by atoms with Gasteiger partial charge in [-0.2, -0.15) is 0 Å². The van der Waals surface area contributed by atoms with Crippen molar-refractivity contribution in [2.75, 3.05) is 0 Å². The fourth-order valence-corrected chi connectivity index (χ4v) is 11.6. The molecule has 0 amide bonds. The first-order chi connectivity index (χ1) is 26.3. The third-order valence-corrected chi connectivity index (χ3v) is 13.8. The fraction of sp³-hybridized carbons (Fsp3) is 0.154. The number of allylic oxidation sites excluding steroid dienone is 3. The molecule has 0 nitrogen and oxygen atoms in total. The average molecular weight is 697 g/mol. The molecule has 8 aromatic rings. The van der Waals surface area contributed by atoms with Gasteiger partial charge in [0.05, 0.1) is 0 Å². The van der Waals surface area contributed by atoms with Crippen LogP contribution in [-0.2, 0) is 0 Å². The fourth-order valence-electron chi connectivity index (χ4n) is 10.2. The van der Waals surface area contributed by atoms with Gasteiger partial charge in [-0.1, -0.05) is 171 Å². The Morgan fingerprint density at radius 3 is 1.57 bits per heavy atom. The quantitative estimate of drug-likeness (QED) is 0.165. The largest absolute Gasteiger partial charge is 0.117 e. The molecule has 0 spiro atoms. The zero-order valence-electron chi connectivity index (χ0n) is 29.8.